The van der Waals surface area contributed by atoms with Gasteiger partial charge in [0.05, 0.1) is 51.2 Å². The van der Waals surface area contributed by atoms with E-state index in [4.69, 9.17) is 37.1 Å². The Bertz CT molecular complexity index is 2460. The number of likely N-dealkylation sites (tertiary alicyclic amines) is 1. The third-order valence-electron chi connectivity index (χ3n) is 9.39. The molecule has 0 bridgehead atoms. The summed E-state index contributed by atoms with van der Waals surface area (Å²) in [7, 11) is -7.16. The van der Waals surface area contributed by atoms with Gasteiger partial charge < -0.3 is 72.7 Å². The number of hydrogen-bond acceptors (Lipinski definition) is 20. The number of alkyl halides is 3. The predicted octanol–water partition coefficient (Wildman–Crippen LogP) is 4.03. The third kappa shape index (κ3) is 15.3. The highest BCUT2D eigenvalue weighted by atomic mass is 31.2. The van der Waals surface area contributed by atoms with Gasteiger partial charge in [-0.3, -0.25) is 33.7 Å². The molecule has 0 aromatic carbocycles. The van der Waals surface area contributed by atoms with E-state index in [0.717, 1.165) is 4.90 Å². The van der Waals surface area contributed by atoms with Crippen LogP contribution < -0.4 is 16.4 Å². The van der Waals surface area contributed by atoms with Crippen molar-refractivity contribution in [3.05, 3.63) is 56.9 Å². The fourth-order valence-electron chi connectivity index (χ4n) is 6.81. The van der Waals surface area contributed by atoms with E-state index in [-0.39, 0.29) is 75.3 Å². The number of nitrogens with one attached hydrogen (secondary N) is 5. The molecule has 8 atom stereocenters. The number of aldehydes is 1. The monoisotopic (exact) mass is 1030 g/mol. The molecule has 0 spiro atoms. The highest BCUT2D eigenvalue weighted by Gasteiger charge is 2.54. The van der Waals surface area contributed by atoms with Crippen molar-refractivity contribution in [1.82, 2.24) is 40.1 Å². The van der Waals surface area contributed by atoms with Crippen LogP contribution in [0.4, 0.5) is 18.0 Å². The molecule has 6 rings (SSSR count). The van der Waals surface area contributed by atoms with Crippen LogP contribution in [0.5, 0.6) is 0 Å². The number of aromatic nitrogens is 6. The van der Waals surface area contributed by atoms with Crippen LogP contribution in [-0.2, 0) is 46.2 Å². The normalized spacial score (nSPS) is 22.8. The second-order valence-electron chi connectivity index (χ2n) is 15.3. The maximum Gasteiger partial charge on any atom is 0.446 e. The average molecular weight is 1030 g/mol. The number of halogens is 3. The maximum absolute atomic E-state index is 13.2. The van der Waals surface area contributed by atoms with E-state index >= 15 is 0 Å². The largest absolute Gasteiger partial charge is 0.446 e. The number of carbonyl (C=O) groups is 2. The molecule has 9 N–H and O–H groups in total. The van der Waals surface area contributed by atoms with Crippen LogP contribution in [0.2, 0.25) is 0 Å². The fourth-order valence-corrected chi connectivity index (χ4v) is 9.51. The van der Waals surface area contributed by atoms with Gasteiger partial charge in [-0.1, -0.05) is 14.9 Å². The molecule has 392 valence electrons. The summed E-state index contributed by atoms with van der Waals surface area (Å²) in [6.07, 6.45) is -10.3. The molecule has 4 aromatic rings. The Balaban J connectivity index is 0.000000420. The topological polar surface area (TPSA) is 352 Å². The quantitative estimate of drug-likeness (QED) is 0.0565. The number of aliphatic hydroxyl groups is 4. The Morgan fingerprint density at radius 3 is 1.59 bits per heavy atom. The number of carbonyl (C=O) groups excluding carboxylic acids is 2. The minimum absolute atomic E-state index is 0. The van der Waals surface area contributed by atoms with Gasteiger partial charge in [0.25, 0.3) is 11.1 Å². The van der Waals surface area contributed by atoms with Crippen molar-refractivity contribution in [2.45, 2.75) is 124 Å². The smallest absolute Gasteiger partial charge is 0.444 e. The number of fused-ring (bicyclic) bond motifs is 2. The third-order valence-corrected chi connectivity index (χ3v) is 12.9. The van der Waals surface area contributed by atoms with Crippen molar-refractivity contribution in [3.63, 3.8) is 0 Å². The van der Waals surface area contributed by atoms with Crippen LogP contribution in [0.3, 0.4) is 0 Å². The molecule has 1 amide bonds. The van der Waals surface area contributed by atoms with Crippen LogP contribution in [0, 0.1) is 0 Å². The highest BCUT2D eigenvalue weighted by Crippen LogP contribution is 2.50. The molecule has 2 aliphatic heterocycles. The van der Waals surface area contributed by atoms with Crippen LogP contribution in [0.1, 0.15) is 86.5 Å². The molecule has 25 nitrogen and oxygen atoms in total. The molecule has 30 heteroatoms. The standard InChI is InChI=1S/C20H31N4O9P.C15H23N4O7P.C2HF3O.2CH4/c1-6-31-34(29,32-7-2)10-30-18-16(26)15(25)14(24(18)19(28)33-20(3,4)5)11-8-21-13-12(11)22-9-23-17(13)27;1-3-25-27(23,26-4-2)7-24-15-13(21)12(20)10(19-15)8-5-16-11-9(8)17-6-18-14(11)22;3-2(4,5)1-6;;/h8-9,14-16,18,21,25-26H,6-7,10H2,1-5H3,(H,22,23,27);5-6,10,12-13,15-16,19-21H,3-4,7H2,1-2H3,(H,17,18,22);1H;2*1H4/t14-,15-,16-,18+;10-,12-,13-,15+;;;/m00.../s1. The van der Waals surface area contributed by atoms with E-state index in [0.29, 0.717) is 11.1 Å². The first-order chi connectivity index (χ1) is 31.4. The lowest BCUT2D eigenvalue weighted by Gasteiger charge is -2.32. The molecule has 2 aliphatic rings. The molecule has 2 fully saturated rings. The second kappa shape index (κ2) is 25.6. The van der Waals surface area contributed by atoms with Gasteiger partial charge >= 0.3 is 27.5 Å². The summed E-state index contributed by atoms with van der Waals surface area (Å²) in [6, 6.07) is -1.94. The summed E-state index contributed by atoms with van der Waals surface area (Å²) in [6.45, 7) is 12.1. The first-order valence-corrected chi connectivity index (χ1v) is 24.0. The molecule has 69 heavy (non-hydrogen) atoms. The van der Waals surface area contributed by atoms with Gasteiger partial charge in [-0.2, -0.15) is 13.2 Å². The summed E-state index contributed by atoms with van der Waals surface area (Å²) >= 11 is 0. The van der Waals surface area contributed by atoms with Gasteiger partial charge in [-0.15, -0.1) is 0 Å². The summed E-state index contributed by atoms with van der Waals surface area (Å²) in [4.78, 5) is 65.6. The van der Waals surface area contributed by atoms with Crippen LogP contribution in [0.25, 0.3) is 22.1 Å². The van der Waals surface area contributed by atoms with Crippen LogP contribution >= 0.6 is 15.2 Å². The lowest BCUT2D eigenvalue weighted by molar-refractivity contribution is -0.156. The summed E-state index contributed by atoms with van der Waals surface area (Å²) in [5.41, 5.74) is 0.0285. The number of aromatic amines is 4. The first kappa shape index (κ1) is 60.7. The number of rotatable bonds is 16. The number of hydrogen-bond donors (Lipinski definition) is 9. The molecule has 6 heterocycles. The van der Waals surface area contributed by atoms with E-state index in [2.05, 4.69) is 35.2 Å². The van der Waals surface area contributed by atoms with E-state index in [1.165, 1.54) is 25.0 Å². The molecule has 2 saturated heterocycles. The Hall–Kier alpha value is -4.41. The van der Waals surface area contributed by atoms with Crippen molar-refractivity contribution in [2.24, 2.45) is 0 Å². The molecular weight excluding hydrogens is 971 g/mol. The van der Waals surface area contributed by atoms with Gasteiger partial charge in [0, 0.05) is 23.5 Å². The fraction of sp³-hybridized carbons (Fsp3) is 0.641. The van der Waals surface area contributed by atoms with E-state index in [9.17, 15) is 57.1 Å². The van der Waals surface area contributed by atoms with E-state index in [1.807, 2.05) is 0 Å². The van der Waals surface area contributed by atoms with Crippen molar-refractivity contribution in [1.29, 1.82) is 0 Å². The van der Waals surface area contributed by atoms with Crippen molar-refractivity contribution < 1.29 is 84.6 Å². The summed E-state index contributed by atoms with van der Waals surface area (Å²) in [5, 5.41) is 45.4. The minimum atomic E-state index is -4.64. The molecule has 0 radical (unpaired) electrons. The van der Waals surface area contributed by atoms with Crippen LogP contribution in [-0.4, -0.2) is 155 Å². The summed E-state index contributed by atoms with van der Waals surface area (Å²) in [5.74, 6) is 0. The Kier molecular flexibility index (Phi) is 22.6. The van der Waals surface area contributed by atoms with Gasteiger partial charge in [0.1, 0.15) is 58.3 Å². The molecule has 0 aliphatic carbocycles. The van der Waals surface area contributed by atoms with Gasteiger partial charge in [0.15, 0.2) is 18.9 Å². The van der Waals surface area contributed by atoms with Gasteiger partial charge in [-0.25, -0.2) is 14.8 Å². The SMILES string of the molecule is C.C.CCOP(=O)(CO[C@@H]1[C@@H](O)[C@@H](O)[C@H](c2c[nH]c3c(=O)[nH]cnc23)N1C(=O)OC(C)(C)C)OCC.CCOP(=O)(CO[C@H]1N[C@@H](c2c[nH]c3c(=O)[nH]cnc23)[C@H](O)[C@@H]1O)OCC.O=CC(F)(F)F. The average Bonchev–Trinajstić information content (AvgIpc) is 4.00. The Labute approximate surface area is 393 Å². The molecule has 0 saturated carbocycles. The van der Waals surface area contributed by atoms with Crippen molar-refractivity contribution in [3.8, 4) is 0 Å². The van der Waals surface area contributed by atoms with Crippen molar-refractivity contribution in [2.75, 3.05) is 39.1 Å². The first-order valence-electron chi connectivity index (χ1n) is 20.5. The minimum Gasteiger partial charge on any atom is -0.444 e. The maximum atomic E-state index is 13.2. The van der Waals surface area contributed by atoms with Gasteiger partial charge in [0.2, 0.25) is 6.29 Å². The zero-order valence-electron chi connectivity index (χ0n) is 37.2. The summed E-state index contributed by atoms with van der Waals surface area (Å²) < 4.78 is 94.0. The number of aliphatic hydroxyl groups excluding tert-OH is 4. The number of ether oxygens (including phenoxy) is 3. The van der Waals surface area contributed by atoms with Crippen LogP contribution in [0.15, 0.2) is 34.6 Å². The predicted molar refractivity (Wildman–Crippen MR) is 241 cm³/mol. The molecular formula is C39H63F3N8O17P2. The van der Waals surface area contributed by atoms with E-state index in [1.54, 1.807) is 48.5 Å². The lowest BCUT2D eigenvalue weighted by atomic mass is 10.0. The Morgan fingerprint density at radius 2 is 1.16 bits per heavy atom. The van der Waals surface area contributed by atoms with Gasteiger partial charge in [-0.05, 0) is 48.5 Å². The highest BCUT2D eigenvalue weighted by molar-refractivity contribution is 7.53. The number of H-pyrrole nitrogens is 4. The van der Waals surface area contributed by atoms with Crippen molar-refractivity contribution >= 4 is 49.6 Å². The lowest BCUT2D eigenvalue weighted by Crippen LogP contribution is -2.45. The molecule has 4 aromatic heterocycles. The zero-order valence-corrected chi connectivity index (χ0v) is 39.0. The number of nitrogens with zero attached hydrogens (tertiary/aromatic N) is 3. The van der Waals surface area contributed by atoms with E-state index < -0.39 is 100 Å². The second-order valence-corrected chi connectivity index (χ2v) is 19.3. The Morgan fingerprint density at radius 1 is 0.725 bits per heavy atom. The molecule has 0 unspecified atom stereocenters. The zero-order chi connectivity index (χ0) is 50.1. The number of amides is 1.